The number of methoxy groups -OCH3 is 1. The topological polar surface area (TPSA) is 90.4 Å². The summed E-state index contributed by atoms with van der Waals surface area (Å²) in [6.45, 7) is 1.61. The van der Waals surface area contributed by atoms with Crippen molar-refractivity contribution in [3.05, 3.63) is 23.8 Å². The molecular weight excluding hydrogens is 230 g/mol. The van der Waals surface area contributed by atoms with E-state index < -0.39 is 5.91 Å². The first-order valence-corrected chi connectivity index (χ1v) is 6.07. The summed E-state index contributed by atoms with van der Waals surface area (Å²) in [5, 5.41) is 3.21. The van der Waals surface area contributed by atoms with Gasteiger partial charge in [-0.2, -0.15) is 0 Å². The molecule has 0 aliphatic rings. The molecule has 0 heterocycles. The van der Waals surface area contributed by atoms with E-state index in [0.29, 0.717) is 11.3 Å². The number of ether oxygens (including phenoxy) is 1. The number of anilines is 2. The third-order valence-corrected chi connectivity index (χ3v) is 2.68. The second-order valence-corrected chi connectivity index (χ2v) is 4.15. The van der Waals surface area contributed by atoms with E-state index in [-0.39, 0.29) is 0 Å². The lowest BCUT2D eigenvalue weighted by Crippen LogP contribution is -2.12. The lowest BCUT2D eigenvalue weighted by Gasteiger charge is -2.10. The van der Waals surface area contributed by atoms with Gasteiger partial charge in [0.15, 0.2) is 0 Å². The summed E-state index contributed by atoms with van der Waals surface area (Å²) in [6, 6.07) is 5.00. The van der Waals surface area contributed by atoms with Crippen molar-refractivity contribution in [1.82, 2.24) is 0 Å². The van der Waals surface area contributed by atoms with Crippen LogP contribution in [0.15, 0.2) is 18.2 Å². The fourth-order valence-corrected chi connectivity index (χ4v) is 1.63. The number of unbranched alkanes of at least 4 members (excludes halogenated alkanes) is 2. The van der Waals surface area contributed by atoms with E-state index in [1.807, 2.05) is 0 Å². The van der Waals surface area contributed by atoms with Gasteiger partial charge in [0.25, 0.3) is 0 Å². The third-order valence-electron chi connectivity index (χ3n) is 2.68. The monoisotopic (exact) mass is 251 g/mol. The highest BCUT2D eigenvalue weighted by atomic mass is 16.5. The van der Waals surface area contributed by atoms with Gasteiger partial charge in [-0.15, -0.1) is 0 Å². The minimum atomic E-state index is -0.446. The molecule has 0 radical (unpaired) electrons. The molecular formula is C13H21N3O2. The number of nitrogen functional groups attached to an aromatic ring is 1. The van der Waals surface area contributed by atoms with Crippen molar-refractivity contribution in [3.63, 3.8) is 0 Å². The summed E-state index contributed by atoms with van der Waals surface area (Å²) in [6.07, 6.45) is 3.18. The molecule has 1 aromatic carbocycles. The Morgan fingerprint density at radius 2 is 2.11 bits per heavy atom. The van der Waals surface area contributed by atoms with Crippen molar-refractivity contribution < 1.29 is 9.53 Å². The van der Waals surface area contributed by atoms with Crippen molar-refractivity contribution >= 4 is 17.3 Å². The molecule has 1 aromatic rings. The average Bonchev–Trinajstić information content (AvgIpc) is 2.35. The zero-order chi connectivity index (χ0) is 13.4. The molecule has 0 aliphatic heterocycles. The lowest BCUT2D eigenvalue weighted by molar-refractivity contribution is 0.100. The number of amides is 1. The number of carbonyl (C=O) groups is 1. The first kappa shape index (κ1) is 14.3. The molecule has 100 valence electrons. The number of hydrogen-bond donors (Lipinski definition) is 3. The van der Waals surface area contributed by atoms with Crippen LogP contribution in [0.5, 0.6) is 0 Å². The maximum absolute atomic E-state index is 11.1. The van der Waals surface area contributed by atoms with Gasteiger partial charge >= 0.3 is 0 Å². The van der Waals surface area contributed by atoms with E-state index in [9.17, 15) is 4.79 Å². The summed E-state index contributed by atoms with van der Waals surface area (Å²) < 4.78 is 4.98. The Morgan fingerprint density at radius 1 is 1.33 bits per heavy atom. The van der Waals surface area contributed by atoms with Crippen molar-refractivity contribution in [2.75, 3.05) is 31.3 Å². The van der Waals surface area contributed by atoms with Crippen LogP contribution in [0.4, 0.5) is 11.4 Å². The summed E-state index contributed by atoms with van der Waals surface area (Å²) in [5.74, 6) is -0.446. The van der Waals surface area contributed by atoms with Crippen molar-refractivity contribution in [1.29, 1.82) is 0 Å². The van der Waals surface area contributed by atoms with Gasteiger partial charge < -0.3 is 21.5 Å². The SMILES string of the molecule is COCCCCCNc1cc(C(N)=O)ccc1N. The zero-order valence-electron chi connectivity index (χ0n) is 10.7. The van der Waals surface area contributed by atoms with Crippen LogP contribution in [0.3, 0.4) is 0 Å². The highest BCUT2D eigenvalue weighted by Crippen LogP contribution is 2.19. The molecule has 0 fully saturated rings. The molecule has 0 atom stereocenters. The molecule has 5 N–H and O–H groups in total. The Morgan fingerprint density at radius 3 is 2.78 bits per heavy atom. The standard InChI is InChI=1S/C13H21N3O2/c1-18-8-4-2-3-7-16-12-9-10(13(15)17)5-6-11(12)14/h5-6,9,16H,2-4,7-8,14H2,1H3,(H2,15,17). The molecule has 5 nitrogen and oxygen atoms in total. The molecule has 5 heteroatoms. The number of primary amides is 1. The van der Waals surface area contributed by atoms with Gasteiger partial charge in [0.05, 0.1) is 11.4 Å². The Balaban J connectivity index is 2.41. The van der Waals surface area contributed by atoms with Crippen molar-refractivity contribution in [2.45, 2.75) is 19.3 Å². The molecule has 0 bridgehead atoms. The minimum absolute atomic E-state index is 0.446. The fourth-order valence-electron chi connectivity index (χ4n) is 1.63. The van der Waals surface area contributed by atoms with Crippen LogP contribution in [0.2, 0.25) is 0 Å². The molecule has 0 aliphatic carbocycles. The second kappa shape index (κ2) is 7.55. The summed E-state index contributed by atoms with van der Waals surface area (Å²) in [5.41, 5.74) is 12.9. The predicted molar refractivity (Wildman–Crippen MR) is 73.6 cm³/mol. The van der Waals surface area contributed by atoms with E-state index in [2.05, 4.69) is 5.32 Å². The summed E-state index contributed by atoms with van der Waals surface area (Å²) in [4.78, 5) is 11.1. The molecule has 0 saturated heterocycles. The van der Waals surface area contributed by atoms with Gasteiger partial charge in [-0.1, -0.05) is 0 Å². The predicted octanol–water partition coefficient (Wildman–Crippen LogP) is 1.60. The fraction of sp³-hybridized carbons (Fsp3) is 0.462. The summed E-state index contributed by atoms with van der Waals surface area (Å²) >= 11 is 0. The number of benzene rings is 1. The highest BCUT2D eigenvalue weighted by Gasteiger charge is 2.04. The Bertz CT molecular complexity index is 394. The first-order valence-electron chi connectivity index (χ1n) is 6.07. The molecule has 0 saturated carbocycles. The molecule has 18 heavy (non-hydrogen) atoms. The van der Waals surface area contributed by atoms with E-state index in [0.717, 1.165) is 38.1 Å². The van der Waals surface area contributed by atoms with Crippen molar-refractivity contribution in [2.24, 2.45) is 5.73 Å². The maximum atomic E-state index is 11.1. The van der Waals surface area contributed by atoms with Crippen LogP contribution in [0, 0.1) is 0 Å². The third kappa shape index (κ3) is 4.63. The normalized spacial score (nSPS) is 10.3. The van der Waals surface area contributed by atoms with Gasteiger partial charge in [0.2, 0.25) is 5.91 Å². The smallest absolute Gasteiger partial charge is 0.248 e. The van der Waals surface area contributed by atoms with Crippen LogP contribution in [0.25, 0.3) is 0 Å². The van der Waals surface area contributed by atoms with Gasteiger partial charge in [-0.05, 0) is 37.5 Å². The van der Waals surface area contributed by atoms with E-state index >= 15 is 0 Å². The van der Waals surface area contributed by atoms with Gasteiger partial charge in [-0.25, -0.2) is 0 Å². The van der Waals surface area contributed by atoms with Crippen LogP contribution < -0.4 is 16.8 Å². The summed E-state index contributed by atoms with van der Waals surface area (Å²) in [7, 11) is 1.70. The quantitative estimate of drug-likeness (QED) is 0.483. The minimum Gasteiger partial charge on any atom is -0.397 e. The highest BCUT2D eigenvalue weighted by molar-refractivity contribution is 5.94. The van der Waals surface area contributed by atoms with Crippen molar-refractivity contribution in [3.8, 4) is 0 Å². The molecule has 1 rings (SSSR count). The van der Waals surface area contributed by atoms with Gasteiger partial charge in [0, 0.05) is 25.8 Å². The molecule has 0 spiro atoms. The molecule has 0 aromatic heterocycles. The van der Waals surface area contributed by atoms with Gasteiger partial charge in [-0.3, -0.25) is 4.79 Å². The first-order chi connectivity index (χ1) is 8.65. The van der Waals surface area contributed by atoms with E-state index in [1.54, 1.807) is 25.3 Å². The van der Waals surface area contributed by atoms with Crippen LogP contribution in [-0.4, -0.2) is 26.2 Å². The van der Waals surface area contributed by atoms with Crippen LogP contribution in [0.1, 0.15) is 29.6 Å². The maximum Gasteiger partial charge on any atom is 0.248 e. The number of hydrogen-bond acceptors (Lipinski definition) is 4. The van der Waals surface area contributed by atoms with E-state index in [4.69, 9.17) is 16.2 Å². The van der Waals surface area contributed by atoms with Gasteiger partial charge in [0.1, 0.15) is 0 Å². The number of nitrogens with one attached hydrogen (secondary N) is 1. The molecule has 0 unspecified atom stereocenters. The van der Waals surface area contributed by atoms with Crippen LogP contribution in [-0.2, 0) is 4.74 Å². The largest absolute Gasteiger partial charge is 0.397 e. The lowest BCUT2D eigenvalue weighted by atomic mass is 10.1. The Labute approximate surface area is 107 Å². The Hall–Kier alpha value is -1.75. The number of nitrogens with two attached hydrogens (primary N) is 2. The zero-order valence-corrected chi connectivity index (χ0v) is 10.7. The number of rotatable bonds is 8. The average molecular weight is 251 g/mol. The Kier molecular flexibility index (Phi) is 6.00. The van der Waals surface area contributed by atoms with E-state index in [1.165, 1.54) is 0 Å². The molecule has 1 amide bonds. The second-order valence-electron chi connectivity index (χ2n) is 4.15. The van der Waals surface area contributed by atoms with Crippen LogP contribution >= 0.6 is 0 Å². The number of carbonyl (C=O) groups excluding carboxylic acids is 1.